The number of nitrogens with one attached hydrogen (secondary N) is 1. The quantitative estimate of drug-likeness (QED) is 0.792. The van der Waals surface area contributed by atoms with Gasteiger partial charge < -0.3 is 10.4 Å². The highest BCUT2D eigenvalue weighted by atomic mass is 35.5. The predicted octanol–water partition coefficient (Wildman–Crippen LogP) is 2.72. The van der Waals surface area contributed by atoms with Crippen molar-refractivity contribution in [1.29, 1.82) is 0 Å². The Morgan fingerprint density at radius 3 is 2.70 bits per heavy atom. The third-order valence-electron chi connectivity index (χ3n) is 3.54. The molecule has 0 unspecified atom stereocenters. The van der Waals surface area contributed by atoms with Crippen molar-refractivity contribution < 1.29 is 9.90 Å². The number of aliphatic hydroxyl groups excluding tert-OH is 1. The lowest BCUT2D eigenvalue weighted by Gasteiger charge is -2.12. The smallest absolute Gasteiger partial charge is 0.220 e. The van der Waals surface area contributed by atoms with Gasteiger partial charge >= 0.3 is 0 Å². The van der Waals surface area contributed by atoms with Crippen molar-refractivity contribution in [2.24, 2.45) is 5.92 Å². The number of hydrogen-bond donors (Lipinski definition) is 2. The number of carbonyl (C=O) groups excluding carboxylic acids is 1. The molecule has 2 N–H and O–H groups in total. The molecule has 0 saturated heterocycles. The summed E-state index contributed by atoms with van der Waals surface area (Å²) >= 11 is 5.83. The molecule has 1 aliphatic rings. The second kappa shape index (κ2) is 7.46. The van der Waals surface area contributed by atoms with Crippen molar-refractivity contribution in [3.63, 3.8) is 0 Å². The topological polar surface area (TPSA) is 49.3 Å². The van der Waals surface area contributed by atoms with Crippen molar-refractivity contribution >= 4 is 17.5 Å². The molecule has 3 nitrogen and oxygen atoms in total. The summed E-state index contributed by atoms with van der Waals surface area (Å²) in [5, 5.41) is 12.7. The summed E-state index contributed by atoms with van der Waals surface area (Å²) in [7, 11) is 0. The molecule has 0 saturated carbocycles. The van der Waals surface area contributed by atoms with E-state index in [9.17, 15) is 4.79 Å². The summed E-state index contributed by atoms with van der Waals surface area (Å²) in [6.45, 7) is 0.152. The number of aliphatic hydroxyl groups is 1. The van der Waals surface area contributed by atoms with Crippen molar-refractivity contribution in [3.05, 3.63) is 47.0 Å². The zero-order valence-electron chi connectivity index (χ0n) is 11.4. The maximum absolute atomic E-state index is 11.8. The van der Waals surface area contributed by atoms with Crippen molar-refractivity contribution in [1.82, 2.24) is 5.32 Å². The van der Waals surface area contributed by atoms with Crippen molar-refractivity contribution in [2.75, 3.05) is 6.61 Å². The minimum absolute atomic E-state index is 0.0761. The maximum Gasteiger partial charge on any atom is 0.220 e. The van der Waals surface area contributed by atoms with Gasteiger partial charge in [0.2, 0.25) is 5.91 Å². The molecule has 20 heavy (non-hydrogen) atoms. The van der Waals surface area contributed by atoms with Crippen molar-refractivity contribution in [3.8, 4) is 0 Å². The molecule has 0 heterocycles. The van der Waals surface area contributed by atoms with Crippen LogP contribution >= 0.6 is 11.6 Å². The maximum atomic E-state index is 11.8. The molecule has 0 fully saturated rings. The number of halogens is 1. The standard InChI is InChI=1S/C16H20ClNO2/c17-14-7-4-12(5-8-14)2-1-3-16(20)18-15-9-6-13(10-15)11-19/h4-9,13,15,19H,1-3,10-11H2,(H,18,20)/t13-,15+/m0/s1. The van der Waals surface area contributed by atoms with E-state index in [-0.39, 0.29) is 24.5 Å². The largest absolute Gasteiger partial charge is 0.396 e. The predicted molar refractivity (Wildman–Crippen MR) is 80.7 cm³/mol. The normalized spacial score (nSPS) is 21.1. The molecular weight excluding hydrogens is 274 g/mol. The van der Waals surface area contributed by atoms with Gasteiger partial charge in [-0.25, -0.2) is 0 Å². The van der Waals surface area contributed by atoms with Crippen LogP contribution in [0.15, 0.2) is 36.4 Å². The first-order valence-corrected chi connectivity index (χ1v) is 7.38. The number of amides is 1. The molecule has 1 aliphatic carbocycles. The SMILES string of the molecule is O=C(CCCc1ccc(Cl)cc1)N[C@@H]1C=C[C@H](CO)C1. The summed E-state index contributed by atoms with van der Waals surface area (Å²) in [6, 6.07) is 7.80. The van der Waals surface area contributed by atoms with Crippen LogP contribution in [0.4, 0.5) is 0 Å². The molecule has 0 aromatic heterocycles. The Kier molecular flexibility index (Phi) is 5.62. The summed E-state index contributed by atoms with van der Waals surface area (Å²) < 4.78 is 0. The van der Waals surface area contributed by atoms with Gasteiger partial charge in [-0.1, -0.05) is 35.9 Å². The zero-order valence-corrected chi connectivity index (χ0v) is 12.1. The highest BCUT2D eigenvalue weighted by Gasteiger charge is 2.19. The third-order valence-corrected chi connectivity index (χ3v) is 3.79. The number of rotatable bonds is 6. The molecule has 4 heteroatoms. The van der Waals surface area contributed by atoms with Gasteiger partial charge in [-0.15, -0.1) is 0 Å². The van der Waals surface area contributed by atoms with Crippen LogP contribution in [0.1, 0.15) is 24.8 Å². The minimum Gasteiger partial charge on any atom is -0.396 e. The van der Waals surface area contributed by atoms with E-state index in [2.05, 4.69) is 5.32 Å². The molecule has 1 aromatic rings. The van der Waals surface area contributed by atoms with Gasteiger partial charge in [0.15, 0.2) is 0 Å². The molecule has 1 aromatic carbocycles. The summed E-state index contributed by atoms with van der Waals surface area (Å²) in [4.78, 5) is 11.8. The fourth-order valence-corrected chi connectivity index (χ4v) is 2.53. The molecule has 0 radical (unpaired) electrons. The Bertz CT molecular complexity index is 470. The van der Waals surface area contributed by atoms with E-state index in [1.165, 1.54) is 5.56 Å². The Morgan fingerprint density at radius 2 is 2.05 bits per heavy atom. The van der Waals surface area contributed by atoms with Crippen LogP contribution in [0.25, 0.3) is 0 Å². The number of carbonyl (C=O) groups is 1. The molecule has 2 rings (SSSR count). The first-order valence-electron chi connectivity index (χ1n) is 7.00. The Balaban J connectivity index is 1.66. The van der Waals surface area contributed by atoms with Crippen LogP contribution in [0.3, 0.4) is 0 Å². The van der Waals surface area contributed by atoms with Gasteiger partial charge in [0.25, 0.3) is 0 Å². The summed E-state index contributed by atoms with van der Waals surface area (Å²) in [5.74, 6) is 0.265. The average molecular weight is 294 g/mol. The lowest BCUT2D eigenvalue weighted by molar-refractivity contribution is -0.121. The third kappa shape index (κ3) is 4.66. The zero-order chi connectivity index (χ0) is 14.4. The van der Waals surface area contributed by atoms with Crippen LogP contribution in [-0.4, -0.2) is 23.7 Å². The second-order valence-corrected chi connectivity index (χ2v) is 5.65. The van der Waals surface area contributed by atoms with Crippen LogP contribution in [-0.2, 0) is 11.2 Å². The Hall–Kier alpha value is -1.32. The average Bonchev–Trinajstić information content (AvgIpc) is 2.88. The van der Waals surface area contributed by atoms with Crippen LogP contribution in [0, 0.1) is 5.92 Å². The van der Waals surface area contributed by atoms with E-state index in [0.717, 1.165) is 24.3 Å². The van der Waals surface area contributed by atoms with E-state index >= 15 is 0 Å². The van der Waals surface area contributed by atoms with Crippen LogP contribution < -0.4 is 5.32 Å². The van der Waals surface area contributed by atoms with E-state index in [1.807, 2.05) is 36.4 Å². The van der Waals surface area contributed by atoms with Gasteiger partial charge in [-0.2, -0.15) is 0 Å². The van der Waals surface area contributed by atoms with E-state index in [1.54, 1.807) is 0 Å². The molecule has 0 aliphatic heterocycles. The number of benzene rings is 1. The van der Waals surface area contributed by atoms with E-state index in [0.29, 0.717) is 6.42 Å². The monoisotopic (exact) mass is 293 g/mol. The van der Waals surface area contributed by atoms with Crippen molar-refractivity contribution in [2.45, 2.75) is 31.7 Å². The summed E-state index contributed by atoms with van der Waals surface area (Å²) in [5.41, 5.74) is 1.20. The fraction of sp³-hybridized carbons (Fsp3) is 0.438. The fourth-order valence-electron chi connectivity index (χ4n) is 2.40. The minimum atomic E-state index is 0.0761. The first-order chi connectivity index (χ1) is 9.67. The lowest BCUT2D eigenvalue weighted by Crippen LogP contribution is -2.32. The second-order valence-electron chi connectivity index (χ2n) is 5.22. The first kappa shape index (κ1) is 15.1. The van der Waals surface area contributed by atoms with E-state index < -0.39 is 0 Å². The van der Waals surface area contributed by atoms with E-state index in [4.69, 9.17) is 16.7 Å². The molecule has 2 atom stereocenters. The lowest BCUT2D eigenvalue weighted by atomic mass is 10.1. The molecule has 108 valence electrons. The molecule has 0 spiro atoms. The highest BCUT2D eigenvalue weighted by Crippen LogP contribution is 2.17. The number of aryl methyl sites for hydroxylation is 1. The van der Waals surface area contributed by atoms with Crippen LogP contribution in [0.2, 0.25) is 5.02 Å². The van der Waals surface area contributed by atoms with Gasteiger partial charge in [0.1, 0.15) is 0 Å². The van der Waals surface area contributed by atoms with Gasteiger partial charge in [-0.3, -0.25) is 4.79 Å². The molecular formula is C16H20ClNO2. The van der Waals surface area contributed by atoms with Crippen LogP contribution in [0.5, 0.6) is 0 Å². The van der Waals surface area contributed by atoms with Gasteiger partial charge in [0.05, 0.1) is 0 Å². The highest BCUT2D eigenvalue weighted by molar-refractivity contribution is 6.30. The Labute approximate surface area is 124 Å². The van der Waals surface area contributed by atoms with Gasteiger partial charge in [-0.05, 0) is 37.0 Å². The molecule has 1 amide bonds. The summed E-state index contributed by atoms with van der Waals surface area (Å²) in [6.07, 6.45) is 6.98. The van der Waals surface area contributed by atoms with Gasteiger partial charge in [0, 0.05) is 30.0 Å². The number of hydrogen-bond acceptors (Lipinski definition) is 2. The molecule has 0 bridgehead atoms. The Morgan fingerprint density at radius 1 is 1.30 bits per heavy atom.